The fourth-order valence-corrected chi connectivity index (χ4v) is 5.56. The first kappa shape index (κ1) is 29.1. The monoisotopic (exact) mass is 586 g/mol. The van der Waals surface area contributed by atoms with E-state index in [1.807, 2.05) is 80.1 Å². The fraction of sp³-hybridized carbons (Fsp3) is 0.448. The summed E-state index contributed by atoms with van der Waals surface area (Å²) in [5.41, 5.74) is 2.44. The minimum absolute atomic E-state index is 0.0349. The number of carbonyl (C=O) groups excluding carboxylic acids is 1. The smallest absolute Gasteiger partial charge is 0.268 e. The Balaban J connectivity index is 0.000000907. The molecule has 37 heavy (non-hydrogen) atoms. The number of nitrogens with one attached hydrogen (secondary N) is 1. The van der Waals surface area contributed by atoms with E-state index in [9.17, 15) is 4.79 Å². The van der Waals surface area contributed by atoms with Crippen LogP contribution in [-0.4, -0.2) is 45.7 Å². The van der Waals surface area contributed by atoms with Crippen molar-refractivity contribution in [3.8, 4) is 10.6 Å². The number of halogens is 1. The Morgan fingerprint density at radius 3 is 2.51 bits per heavy atom. The van der Waals surface area contributed by atoms with Crippen molar-refractivity contribution in [3.63, 3.8) is 0 Å². The molecule has 0 atom stereocenters. The summed E-state index contributed by atoms with van der Waals surface area (Å²) in [4.78, 5) is 16.9. The molecule has 1 aromatic carbocycles. The molecule has 1 aliphatic heterocycles. The van der Waals surface area contributed by atoms with E-state index in [4.69, 9.17) is 4.52 Å². The van der Waals surface area contributed by atoms with E-state index in [1.54, 1.807) is 11.3 Å². The Morgan fingerprint density at radius 2 is 1.86 bits per heavy atom. The van der Waals surface area contributed by atoms with Gasteiger partial charge in [-0.3, -0.25) is 4.79 Å². The number of nitrogens with zero attached hydrogens (tertiary/aromatic N) is 3. The number of carbonyl (C=O) groups is 1. The standard InChI is InChI=1S/C25H27BrN4O2S.2C2H6/c1-16(2)29-9-7-19(8-10-29)27-25(31)22-13-17-12-18(26)5-6-21(17)30(22)15-20-14-23(32-28-20)24-4-3-11-33-24;2*1-2/h3-6,11-14,16,19H,7-10,15H2,1-2H3,(H,27,31);2*1-2H3. The molecule has 1 fully saturated rings. The molecular weight excluding hydrogens is 548 g/mol. The Kier molecular flexibility index (Phi) is 11.0. The van der Waals surface area contributed by atoms with Crippen molar-refractivity contribution in [1.29, 1.82) is 0 Å². The third kappa shape index (κ3) is 7.12. The fourth-order valence-electron chi connectivity index (χ4n) is 4.50. The molecule has 0 saturated carbocycles. The van der Waals surface area contributed by atoms with Crippen molar-refractivity contribution in [2.45, 2.75) is 73.0 Å². The lowest BCUT2D eigenvalue weighted by molar-refractivity contribution is 0.0892. The summed E-state index contributed by atoms with van der Waals surface area (Å²) in [6, 6.07) is 14.8. The first-order valence-electron chi connectivity index (χ1n) is 13.3. The van der Waals surface area contributed by atoms with Crippen LogP contribution >= 0.6 is 27.3 Å². The Morgan fingerprint density at radius 1 is 1.14 bits per heavy atom. The highest BCUT2D eigenvalue weighted by molar-refractivity contribution is 9.10. The largest absolute Gasteiger partial charge is 0.355 e. The summed E-state index contributed by atoms with van der Waals surface area (Å²) in [6.45, 7) is 15.0. The maximum absolute atomic E-state index is 13.4. The summed E-state index contributed by atoms with van der Waals surface area (Å²) in [6.07, 6.45) is 1.95. The highest BCUT2D eigenvalue weighted by Crippen LogP contribution is 2.28. The van der Waals surface area contributed by atoms with Gasteiger partial charge in [-0.2, -0.15) is 0 Å². The maximum Gasteiger partial charge on any atom is 0.268 e. The molecule has 200 valence electrons. The lowest BCUT2D eigenvalue weighted by Crippen LogP contribution is -2.46. The third-order valence-electron chi connectivity index (χ3n) is 6.33. The highest BCUT2D eigenvalue weighted by Gasteiger charge is 2.24. The molecule has 1 saturated heterocycles. The number of fused-ring (bicyclic) bond motifs is 1. The normalized spacial score (nSPS) is 14.2. The van der Waals surface area contributed by atoms with E-state index in [-0.39, 0.29) is 11.9 Å². The van der Waals surface area contributed by atoms with Crippen molar-refractivity contribution in [2.24, 2.45) is 0 Å². The van der Waals surface area contributed by atoms with E-state index in [0.29, 0.717) is 18.3 Å². The molecule has 8 heteroatoms. The van der Waals surface area contributed by atoms with Crippen LogP contribution in [0.15, 0.2) is 56.8 Å². The summed E-state index contributed by atoms with van der Waals surface area (Å²) in [5.74, 6) is 0.717. The number of hydrogen-bond donors (Lipinski definition) is 1. The van der Waals surface area contributed by atoms with Crippen LogP contribution in [0.1, 0.15) is 70.6 Å². The zero-order valence-electron chi connectivity index (χ0n) is 22.8. The number of hydrogen-bond acceptors (Lipinski definition) is 5. The highest BCUT2D eigenvalue weighted by atomic mass is 79.9. The zero-order valence-corrected chi connectivity index (χ0v) is 25.2. The van der Waals surface area contributed by atoms with Gasteiger partial charge in [-0.15, -0.1) is 11.3 Å². The van der Waals surface area contributed by atoms with Gasteiger partial charge in [0.2, 0.25) is 0 Å². The first-order chi connectivity index (χ1) is 18.0. The van der Waals surface area contributed by atoms with Gasteiger partial charge in [-0.25, -0.2) is 0 Å². The molecule has 4 aromatic rings. The number of amides is 1. The molecule has 0 radical (unpaired) electrons. The number of aromatic nitrogens is 2. The summed E-state index contributed by atoms with van der Waals surface area (Å²) in [7, 11) is 0. The minimum atomic E-state index is -0.0349. The lowest BCUT2D eigenvalue weighted by atomic mass is 10.0. The van der Waals surface area contributed by atoms with Gasteiger partial charge in [0.15, 0.2) is 5.76 Å². The molecule has 4 heterocycles. The van der Waals surface area contributed by atoms with Gasteiger partial charge in [0.05, 0.1) is 11.4 Å². The Hall–Kier alpha value is -2.42. The predicted molar refractivity (Wildman–Crippen MR) is 158 cm³/mol. The van der Waals surface area contributed by atoms with Crippen LogP contribution in [0.3, 0.4) is 0 Å². The van der Waals surface area contributed by atoms with Gasteiger partial charge in [-0.05, 0) is 62.4 Å². The SMILES string of the molecule is CC.CC.CC(C)N1CCC(NC(=O)c2cc3cc(Br)ccc3n2Cc2cc(-c3cccs3)on2)CC1. The average molecular weight is 588 g/mol. The van der Waals surface area contributed by atoms with Crippen molar-refractivity contribution in [2.75, 3.05) is 13.1 Å². The number of piperidine rings is 1. The van der Waals surface area contributed by atoms with Gasteiger partial charge in [0, 0.05) is 46.6 Å². The average Bonchev–Trinajstić information content (AvgIpc) is 3.67. The van der Waals surface area contributed by atoms with Crippen LogP contribution in [0.2, 0.25) is 0 Å². The Bertz CT molecular complexity index is 1250. The molecule has 5 rings (SSSR count). The predicted octanol–water partition coefficient (Wildman–Crippen LogP) is 7.82. The second-order valence-corrected chi connectivity index (χ2v) is 10.7. The van der Waals surface area contributed by atoms with Crippen molar-refractivity contribution < 1.29 is 9.32 Å². The molecular formula is C29H39BrN4O2S. The molecule has 0 aliphatic carbocycles. The van der Waals surface area contributed by atoms with Crippen LogP contribution in [0, 0.1) is 0 Å². The lowest BCUT2D eigenvalue weighted by Gasteiger charge is -2.34. The van der Waals surface area contributed by atoms with E-state index in [1.165, 1.54) is 0 Å². The molecule has 0 bridgehead atoms. The van der Waals surface area contributed by atoms with Gasteiger partial charge >= 0.3 is 0 Å². The molecule has 1 amide bonds. The van der Waals surface area contributed by atoms with E-state index in [2.05, 4.69) is 45.2 Å². The summed E-state index contributed by atoms with van der Waals surface area (Å²) < 4.78 is 8.60. The first-order valence-corrected chi connectivity index (χ1v) is 15.0. The van der Waals surface area contributed by atoms with Gasteiger partial charge < -0.3 is 19.3 Å². The third-order valence-corrected chi connectivity index (χ3v) is 7.71. The quantitative estimate of drug-likeness (QED) is 0.250. The van der Waals surface area contributed by atoms with Crippen LogP contribution < -0.4 is 5.32 Å². The number of likely N-dealkylation sites (tertiary alicyclic amines) is 1. The summed E-state index contributed by atoms with van der Waals surface area (Å²) in [5, 5.41) is 10.6. The molecule has 1 aliphatic rings. The van der Waals surface area contributed by atoms with Crippen LogP contribution in [0.4, 0.5) is 0 Å². The molecule has 1 N–H and O–H groups in total. The molecule has 6 nitrogen and oxygen atoms in total. The number of thiophene rings is 1. The Labute approximate surface area is 233 Å². The van der Waals surface area contributed by atoms with Crippen molar-refractivity contribution in [3.05, 3.63) is 63.7 Å². The molecule has 3 aromatic heterocycles. The van der Waals surface area contributed by atoms with Crippen LogP contribution in [-0.2, 0) is 6.54 Å². The van der Waals surface area contributed by atoms with Crippen molar-refractivity contribution >= 4 is 44.1 Å². The van der Waals surface area contributed by atoms with Crippen molar-refractivity contribution in [1.82, 2.24) is 19.9 Å². The second-order valence-electron chi connectivity index (χ2n) is 8.86. The van der Waals surface area contributed by atoms with Gasteiger partial charge in [0.25, 0.3) is 5.91 Å². The number of rotatable bonds is 6. The zero-order chi connectivity index (χ0) is 26.9. The maximum atomic E-state index is 13.4. The van der Waals surface area contributed by atoms with Crippen LogP contribution in [0.5, 0.6) is 0 Å². The van der Waals surface area contributed by atoms with E-state index >= 15 is 0 Å². The van der Waals surface area contributed by atoms with E-state index in [0.717, 1.165) is 57.6 Å². The van der Waals surface area contributed by atoms with E-state index < -0.39 is 0 Å². The minimum Gasteiger partial charge on any atom is -0.355 e. The second kappa shape index (κ2) is 13.9. The van der Waals surface area contributed by atoms with Crippen LogP contribution in [0.25, 0.3) is 21.5 Å². The number of benzene rings is 1. The van der Waals surface area contributed by atoms with Gasteiger partial charge in [0.1, 0.15) is 11.4 Å². The topological polar surface area (TPSA) is 63.3 Å². The summed E-state index contributed by atoms with van der Waals surface area (Å²) >= 11 is 5.17. The van der Waals surface area contributed by atoms with Gasteiger partial charge in [-0.1, -0.05) is 54.8 Å². The molecule has 0 unspecified atom stereocenters. The molecule has 0 spiro atoms.